The van der Waals surface area contributed by atoms with Crippen molar-refractivity contribution >= 4 is 12.4 Å². The number of ether oxygens (including phenoxy) is 2. The van der Waals surface area contributed by atoms with E-state index >= 15 is 0 Å². The standard InChI is InChI=1S/C24H32O4/c1-23-11-9-21-18(20(23)8-7-19(23)16-12-22(26)28-13-16)6-5-17-4-2-3-10-24(17,21)14-27-15-25/h8,12,15,17-19,21H,2-7,9-11,13-14H2,1H3/t17-,18+,19-,21+,23-,24-/m1/s1. The van der Waals surface area contributed by atoms with Gasteiger partial charge in [-0.05, 0) is 79.6 Å². The molecule has 0 N–H and O–H groups in total. The lowest BCUT2D eigenvalue weighted by atomic mass is 9.45. The number of carbonyl (C=O) groups is 2. The molecule has 3 saturated carbocycles. The molecule has 6 atom stereocenters. The Labute approximate surface area is 167 Å². The quantitative estimate of drug-likeness (QED) is 0.404. The van der Waals surface area contributed by atoms with Crippen LogP contribution in [0.25, 0.3) is 0 Å². The van der Waals surface area contributed by atoms with E-state index in [0.717, 1.165) is 6.42 Å². The molecule has 0 bridgehead atoms. The van der Waals surface area contributed by atoms with E-state index in [4.69, 9.17) is 9.47 Å². The number of hydrogen-bond acceptors (Lipinski definition) is 4. The first kappa shape index (κ1) is 18.4. The summed E-state index contributed by atoms with van der Waals surface area (Å²) in [5.41, 5.74) is 3.19. The minimum Gasteiger partial charge on any atom is -0.467 e. The van der Waals surface area contributed by atoms with Gasteiger partial charge in [0, 0.05) is 11.5 Å². The molecule has 3 fully saturated rings. The van der Waals surface area contributed by atoms with E-state index < -0.39 is 0 Å². The van der Waals surface area contributed by atoms with Gasteiger partial charge >= 0.3 is 5.97 Å². The van der Waals surface area contributed by atoms with Crippen LogP contribution in [0, 0.1) is 34.5 Å². The molecule has 0 radical (unpaired) electrons. The zero-order valence-corrected chi connectivity index (χ0v) is 17.0. The van der Waals surface area contributed by atoms with Gasteiger partial charge in [-0.15, -0.1) is 0 Å². The van der Waals surface area contributed by atoms with Crippen LogP contribution in [0.2, 0.25) is 0 Å². The van der Waals surface area contributed by atoms with Gasteiger partial charge in [-0.2, -0.15) is 0 Å². The van der Waals surface area contributed by atoms with E-state index in [1.165, 1.54) is 56.9 Å². The van der Waals surface area contributed by atoms with Crippen LogP contribution in [0.5, 0.6) is 0 Å². The van der Waals surface area contributed by atoms with Gasteiger partial charge < -0.3 is 9.47 Å². The molecule has 4 heteroatoms. The van der Waals surface area contributed by atoms with Gasteiger partial charge in [0.2, 0.25) is 0 Å². The summed E-state index contributed by atoms with van der Waals surface area (Å²) in [6.07, 6.45) is 15.3. The van der Waals surface area contributed by atoms with Crippen LogP contribution < -0.4 is 0 Å². The van der Waals surface area contributed by atoms with Crippen molar-refractivity contribution < 1.29 is 19.1 Å². The summed E-state index contributed by atoms with van der Waals surface area (Å²) >= 11 is 0. The lowest BCUT2D eigenvalue weighted by Crippen LogP contribution is -2.54. The first-order valence-electron chi connectivity index (χ1n) is 11.2. The molecular formula is C24H32O4. The first-order valence-corrected chi connectivity index (χ1v) is 11.2. The largest absolute Gasteiger partial charge is 0.467 e. The highest BCUT2D eigenvalue weighted by molar-refractivity contribution is 5.85. The summed E-state index contributed by atoms with van der Waals surface area (Å²) in [7, 11) is 0. The summed E-state index contributed by atoms with van der Waals surface area (Å²) in [6, 6.07) is 0. The van der Waals surface area contributed by atoms with Crippen molar-refractivity contribution in [2.75, 3.05) is 13.2 Å². The Morgan fingerprint density at radius 1 is 1.21 bits per heavy atom. The third kappa shape index (κ3) is 2.55. The summed E-state index contributed by atoms with van der Waals surface area (Å²) in [5.74, 6) is 2.22. The zero-order chi connectivity index (χ0) is 19.4. The average molecular weight is 385 g/mol. The molecule has 4 aliphatic carbocycles. The fraction of sp³-hybridized carbons (Fsp3) is 0.750. The van der Waals surface area contributed by atoms with E-state index in [1.807, 2.05) is 0 Å². The molecule has 28 heavy (non-hydrogen) atoms. The third-order valence-electron chi connectivity index (χ3n) is 9.24. The lowest BCUT2D eigenvalue weighted by Gasteiger charge is -2.59. The Hall–Kier alpha value is -1.58. The number of allylic oxidation sites excluding steroid dienone is 2. The molecule has 1 heterocycles. The van der Waals surface area contributed by atoms with Crippen LogP contribution >= 0.6 is 0 Å². The Morgan fingerprint density at radius 3 is 2.89 bits per heavy atom. The zero-order valence-electron chi connectivity index (χ0n) is 17.0. The van der Waals surface area contributed by atoms with Crippen molar-refractivity contribution in [2.24, 2.45) is 34.5 Å². The van der Waals surface area contributed by atoms with Crippen molar-refractivity contribution in [1.82, 2.24) is 0 Å². The van der Waals surface area contributed by atoms with Crippen LogP contribution in [-0.2, 0) is 19.1 Å². The van der Waals surface area contributed by atoms with Gasteiger partial charge in [0.25, 0.3) is 6.47 Å². The van der Waals surface area contributed by atoms with Crippen LogP contribution in [0.15, 0.2) is 23.3 Å². The van der Waals surface area contributed by atoms with Gasteiger partial charge in [-0.1, -0.05) is 31.4 Å². The van der Waals surface area contributed by atoms with Gasteiger partial charge in [-0.3, -0.25) is 4.79 Å². The molecule has 152 valence electrons. The molecule has 4 nitrogen and oxygen atoms in total. The number of rotatable bonds is 4. The lowest BCUT2D eigenvalue weighted by molar-refractivity contribution is -0.146. The minimum atomic E-state index is -0.173. The molecule has 0 aromatic carbocycles. The van der Waals surface area contributed by atoms with E-state index in [2.05, 4.69) is 13.0 Å². The summed E-state index contributed by atoms with van der Waals surface area (Å²) in [5, 5.41) is 0. The van der Waals surface area contributed by atoms with Crippen molar-refractivity contribution in [2.45, 2.75) is 64.7 Å². The van der Waals surface area contributed by atoms with Crippen LogP contribution in [-0.4, -0.2) is 25.7 Å². The molecule has 0 aromatic heterocycles. The highest BCUT2D eigenvalue weighted by atomic mass is 16.5. The second kappa shape index (κ2) is 6.74. The van der Waals surface area contributed by atoms with Crippen LogP contribution in [0.3, 0.4) is 0 Å². The van der Waals surface area contributed by atoms with Crippen molar-refractivity contribution in [3.8, 4) is 0 Å². The molecule has 0 amide bonds. The molecule has 0 unspecified atom stereocenters. The van der Waals surface area contributed by atoms with Crippen LogP contribution in [0.1, 0.15) is 64.7 Å². The van der Waals surface area contributed by atoms with Crippen molar-refractivity contribution in [1.29, 1.82) is 0 Å². The van der Waals surface area contributed by atoms with Crippen LogP contribution in [0.4, 0.5) is 0 Å². The summed E-state index contributed by atoms with van der Waals surface area (Å²) < 4.78 is 10.7. The predicted molar refractivity (Wildman–Crippen MR) is 105 cm³/mol. The highest BCUT2D eigenvalue weighted by Crippen LogP contribution is 2.66. The monoisotopic (exact) mass is 384 g/mol. The van der Waals surface area contributed by atoms with Gasteiger partial charge in [0.1, 0.15) is 6.61 Å². The van der Waals surface area contributed by atoms with E-state index in [1.54, 1.807) is 11.6 Å². The summed E-state index contributed by atoms with van der Waals surface area (Å²) in [4.78, 5) is 22.7. The molecule has 5 rings (SSSR count). The average Bonchev–Trinajstić information content (AvgIpc) is 3.28. The number of hydrogen-bond donors (Lipinski definition) is 0. The normalized spacial score (nSPS) is 44.5. The summed E-state index contributed by atoms with van der Waals surface area (Å²) in [6.45, 7) is 4.18. The number of cyclic esters (lactones) is 1. The molecule has 0 spiro atoms. The Balaban J connectivity index is 1.45. The van der Waals surface area contributed by atoms with E-state index in [-0.39, 0.29) is 16.8 Å². The molecule has 0 aromatic rings. The van der Waals surface area contributed by atoms with Gasteiger partial charge in [-0.25, -0.2) is 4.79 Å². The van der Waals surface area contributed by atoms with Gasteiger partial charge in [0.05, 0.1) is 6.61 Å². The van der Waals surface area contributed by atoms with Gasteiger partial charge in [0.15, 0.2) is 0 Å². The maximum absolute atomic E-state index is 11.6. The molecule has 5 aliphatic rings. The maximum Gasteiger partial charge on any atom is 0.331 e. The number of esters is 1. The van der Waals surface area contributed by atoms with Crippen molar-refractivity contribution in [3.05, 3.63) is 23.3 Å². The van der Waals surface area contributed by atoms with Crippen molar-refractivity contribution in [3.63, 3.8) is 0 Å². The highest BCUT2D eigenvalue weighted by Gasteiger charge is 2.59. The Morgan fingerprint density at radius 2 is 2.11 bits per heavy atom. The Kier molecular flexibility index (Phi) is 4.44. The fourth-order valence-corrected chi connectivity index (χ4v) is 8.03. The van der Waals surface area contributed by atoms with E-state index in [0.29, 0.717) is 43.4 Å². The second-order valence-electron chi connectivity index (χ2n) is 10.1. The smallest absolute Gasteiger partial charge is 0.331 e. The molecule has 1 aliphatic heterocycles. The molecule has 0 saturated heterocycles. The number of carbonyl (C=O) groups excluding carboxylic acids is 2. The number of fused-ring (bicyclic) bond motifs is 5. The topological polar surface area (TPSA) is 52.6 Å². The first-order chi connectivity index (χ1) is 13.6. The SMILES string of the molecule is C[C@]12CC[C@H]3[C@@H](CC[C@H]4CCCC[C@@]43COC=O)C1=CC[C@@H]2C1=CC(=O)OC1. The predicted octanol–water partition coefficient (Wildman–Crippen LogP) is 4.59. The Bertz CT molecular complexity index is 737. The second-order valence-corrected chi connectivity index (χ2v) is 10.1. The third-order valence-corrected chi connectivity index (χ3v) is 9.24. The molecular weight excluding hydrogens is 352 g/mol. The maximum atomic E-state index is 11.6. The fourth-order valence-electron chi connectivity index (χ4n) is 8.03. The van der Waals surface area contributed by atoms with E-state index in [9.17, 15) is 9.59 Å². The minimum absolute atomic E-state index is 0.162.